The summed E-state index contributed by atoms with van der Waals surface area (Å²) in [4.78, 5) is 11.2. The first kappa shape index (κ1) is 10.4. The third-order valence-electron chi connectivity index (χ3n) is 1.75. The Morgan fingerprint density at radius 3 is 2.82 bits per heavy atom. The average Bonchev–Trinajstić information content (AvgIpc) is 2.03. The molecule has 0 aromatic heterocycles. The van der Waals surface area contributed by atoms with Crippen LogP contribution in [-0.4, -0.2) is 18.9 Å². The molecule has 0 aliphatic carbocycles. The molecule has 0 aliphatic heterocycles. The first-order chi connectivity index (χ1) is 5.22. The van der Waals surface area contributed by atoms with Gasteiger partial charge in [-0.25, -0.2) is 0 Å². The maximum Gasteiger partial charge on any atom is 0.149 e. The lowest BCUT2D eigenvalue weighted by Crippen LogP contribution is -2.26. The summed E-state index contributed by atoms with van der Waals surface area (Å²) in [6.07, 6.45) is 2.68. The molecule has 0 radical (unpaired) electrons. The lowest BCUT2D eigenvalue weighted by Gasteiger charge is -2.06. The van der Waals surface area contributed by atoms with Gasteiger partial charge in [-0.15, -0.1) is 6.58 Å². The maximum atomic E-state index is 11.2. The zero-order chi connectivity index (χ0) is 8.69. The van der Waals surface area contributed by atoms with Gasteiger partial charge in [-0.2, -0.15) is 0 Å². The van der Waals surface area contributed by atoms with Crippen molar-refractivity contribution in [3.63, 3.8) is 0 Å². The average molecular weight is 155 g/mol. The number of rotatable bonds is 6. The second kappa shape index (κ2) is 6.10. The molecule has 0 fully saturated rings. The van der Waals surface area contributed by atoms with Crippen LogP contribution in [0.3, 0.4) is 0 Å². The molecule has 0 saturated carbocycles. The molecule has 0 heterocycles. The van der Waals surface area contributed by atoms with Crippen LogP contribution < -0.4 is 5.32 Å². The van der Waals surface area contributed by atoms with Crippen molar-refractivity contribution in [1.29, 1.82) is 0 Å². The van der Waals surface area contributed by atoms with E-state index in [0.717, 1.165) is 6.42 Å². The van der Waals surface area contributed by atoms with Gasteiger partial charge in [0.05, 0.1) is 6.54 Å². The van der Waals surface area contributed by atoms with E-state index in [1.165, 1.54) is 0 Å². The second-order valence-electron chi connectivity index (χ2n) is 2.70. The molecule has 0 aliphatic rings. The number of hydrogen-bond acceptors (Lipinski definition) is 2. The van der Waals surface area contributed by atoms with Crippen LogP contribution in [0.25, 0.3) is 0 Å². The Morgan fingerprint density at radius 2 is 2.36 bits per heavy atom. The molecule has 0 aromatic rings. The summed E-state index contributed by atoms with van der Waals surface area (Å²) in [5.74, 6) is 0.474. The first-order valence-corrected chi connectivity index (χ1v) is 4.06. The zero-order valence-corrected chi connectivity index (χ0v) is 7.39. The van der Waals surface area contributed by atoms with Gasteiger partial charge >= 0.3 is 0 Å². The quantitative estimate of drug-likeness (QED) is 0.464. The largest absolute Gasteiger partial charge is 0.307 e. The summed E-state index contributed by atoms with van der Waals surface area (Å²) in [6, 6.07) is 0. The molecule has 0 spiro atoms. The van der Waals surface area contributed by atoms with E-state index >= 15 is 0 Å². The monoisotopic (exact) mass is 155 g/mol. The molecule has 0 aromatic carbocycles. The highest BCUT2D eigenvalue weighted by Gasteiger charge is 2.08. The highest BCUT2D eigenvalue weighted by Crippen LogP contribution is 2.00. The number of nitrogens with one attached hydrogen (secondary N) is 1. The standard InChI is InChI=1S/C9H17NO/c1-4-6-10-7-9(11)8(3)5-2/h4,8,10H,1,5-7H2,2-3H3. The molecule has 0 saturated heterocycles. The predicted octanol–water partition coefficient (Wildman–Crippen LogP) is 1.38. The summed E-state index contributed by atoms with van der Waals surface area (Å²) < 4.78 is 0. The number of carbonyl (C=O) groups excluding carboxylic acids is 1. The molecular formula is C9H17NO. The molecular weight excluding hydrogens is 138 g/mol. The van der Waals surface area contributed by atoms with Crippen LogP contribution in [0.2, 0.25) is 0 Å². The lowest BCUT2D eigenvalue weighted by atomic mass is 10.0. The van der Waals surface area contributed by atoms with Gasteiger partial charge in [0.1, 0.15) is 5.78 Å². The highest BCUT2D eigenvalue weighted by molar-refractivity contribution is 5.82. The highest BCUT2D eigenvalue weighted by atomic mass is 16.1. The van der Waals surface area contributed by atoms with E-state index < -0.39 is 0 Å². The molecule has 64 valence electrons. The van der Waals surface area contributed by atoms with E-state index in [1.807, 2.05) is 13.8 Å². The van der Waals surface area contributed by atoms with Crippen molar-refractivity contribution in [1.82, 2.24) is 5.32 Å². The van der Waals surface area contributed by atoms with Crippen LogP contribution in [0.15, 0.2) is 12.7 Å². The van der Waals surface area contributed by atoms with Crippen molar-refractivity contribution in [2.45, 2.75) is 20.3 Å². The molecule has 11 heavy (non-hydrogen) atoms. The van der Waals surface area contributed by atoms with E-state index in [1.54, 1.807) is 6.08 Å². The Bertz CT molecular complexity index is 132. The van der Waals surface area contributed by atoms with Crippen LogP contribution in [-0.2, 0) is 4.79 Å². The minimum atomic E-state index is 0.187. The fourth-order valence-electron chi connectivity index (χ4n) is 0.699. The number of ketones is 1. The van der Waals surface area contributed by atoms with Crippen molar-refractivity contribution in [2.75, 3.05) is 13.1 Å². The topological polar surface area (TPSA) is 29.1 Å². The molecule has 1 N–H and O–H groups in total. The number of Topliss-reactive ketones (excluding diaryl/α,β-unsaturated/α-hetero) is 1. The zero-order valence-electron chi connectivity index (χ0n) is 7.39. The van der Waals surface area contributed by atoms with Crippen LogP contribution in [0.1, 0.15) is 20.3 Å². The molecule has 1 atom stereocenters. The van der Waals surface area contributed by atoms with Crippen molar-refractivity contribution in [2.24, 2.45) is 5.92 Å². The fraction of sp³-hybridized carbons (Fsp3) is 0.667. The van der Waals surface area contributed by atoms with Crippen molar-refractivity contribution < 1.29 is 4.79 Å². The summed E-state index contributed by atoms with van der Waals surface area (Å²) >= 11 is 0. The van der Waals surface area contributed by atoms with Gasteiger partial charge in [0, 0.05) is 12.5 Å². The van der Waals surface area contributed by atoms with Crippen molar-refractivity contribution in [3.8, 4) is 0 Å². The van der Waals surface area contributed by atoms with Gasteiger partial charge < -0.3 is 5.32 Å². The van der Waals surface area contributed by atoms with E-state index in [-0.39, 0.29) is 11.7 Å². The summed E-state index contributed by atoms with van der Waals surface area (Å²) in [5.41, 5.74) is 0. The summed E-state index contributed by atoms with van der Waals surface area (Å²) in [5, 5.41) is 2.98. The van der Waals surface area contributed by atoms with Crippen LogP contribution in [0.5, 0.6) is 0 Å². The van der Waals surface area contributed by atoms with Crippen molar-refractivity contribution in [3.05, 3.63) is 12.7 Å². The fourth-order valence-corrected chi connectivity index (χ4v) is 0.699. The van der Waals surface area contributed by atoms with Gasteiger partial charge in [-0.1, -0.05) is 19.9 Å². The smallest absolute Gasteiger partial charge is 0.149 e. The Kier molecular flexibility index (Phi) is 5.75. The Labute approximate surface area is 68.7 Å². The molecule has 2 heteroatoms. The maximum absolute atomic E-state index is 11.2. The van der Waals surface area contributed by atoms with E-state index in [4.69, 9.17) is 0 Å². The number of hydrogen-bond donors (Lipinski definition) is 1. The van der Waals surface area contributed by atoms with Gasteiger partial charge in [0.2, 0.25) is 0 Å². The minimum Gasteiger partial charge on any atom is -0.307 e. The summed E-state index contributed by atoms with van der Waals surface area (Å²) in [7, 11) is 0. The Balaban J connectivity index is 3.43. The van der Waals surface area contributed by atoms with E-state index in [9.17, 15) is 4.79 Å². The molecule has 0 bridgehead atoms. The molecule has 1 unspecified atom stereocenters. The molecule has 2 nitrogen and oxygen atoms in total. The first-order valence-electron chi connectivity index (χ1n) is 4.06. The van der Waals surface area contributed by atoms with Gasteiger partial charge in [0.25, 0.3) is 0 Å². The molecule has 0 rings (SSSR count). The van der Waals surface area contributed by atoms with Gasteiger partial charge in [-0.05, 0) is 6.42 Å². The van der Waals surface area contributed by atoms with Crippen LogP contribution in [0.4, 0.5) is 0 Å². The number of carbonyl (C=O) groups is 1. The van der Waals surface area contributed by atoms with Crippen LogP contribution >= 0.6 is 0 Å². The third-order valence-corrected chi connectivity index (χ3v) is 1.75. The Hall–Kier alpha value is -0.630. The van der Waals surface area contributed by atoms with Crippen LogP contribution in [0, 0.1) is 5.92 Å². The normalized spacial score (nSPS) is 12.5. The Morgan fingerprint density at radius 1 is 1.73 bits per heavy atom. The molecule has 0 amide bonds. The van der Waals surface area contributed by atoms with E-state index in [0.29, 0.717) is 13.1 Å². The second-order valence-corrected chi connectivity index (χ2v) is 2.70. The van der Waals surface area contributed by atoms with E-state index in [2.05, 4.69) is 11.9 Å². The predicted molar refractivity (Wildman–Crippen MR) is 47.5 cm³/mol. The third kappa shape index (κ3) is 4.73. The van der Waals surface area contributed by atoms with Crippen molar-refractivity contribution >= 4 is 5.78 Å². The lowest BCUT2D eigenvalue weighted by molar-refractivity contribution is -0.121. The SMILES string of the molecule is C=CCNCC(=O)C(C)CC. The minimum absolute atomic E-state index is 0.187. The van der Waals surface area contributed by atoms with Gasteiger partial charge in [0.15, 0.2) is 0 Å². The van der Waals surface area contributed by atoms with Gasteiger partial charge in [-0.3, -0.25) is 4.79 Å². The summed E-state index contributed by atoms with van der Waals surface area (Å²) in [6.45, 7) is 8.71.